The maximum atomic E-state index is 12.8. The van der Waals surface area contributed by atoms with E-state index in [0.717, 1.165) is 0 Å². The molecule has 0 fully saturated rings. The molecule has 0 spiro atoms. The van der Waals surface area contributed by atoms with Crippen molar-refractivity contribution in [3.63, 3.8) is 0 Å². The molecule has 1 heterocycles. The van der Waals surface area contributed by atoms with Crippen LogP contribution in [0.5, 0.6) is 0 Å². The van der Waals surface area contributed by atoms with Crippen molar-refractivity contribution in [1.29, 1.82) is 0 Å². The Hall–Kier alpha value is -2.09. The number of carbonyl (C=O) groups is 2. The topological polar surface area (TPSA) is 84.7 Å². The first-order valence-electron chi connectivity index (χ1n) is 8.46. The number of carbonyl (C=O) groups excluding carboxylic acids is 2. The smallest absolute Gasteiger partial charge is 0.254 e. The van der Waals surface area contributed by atoms with Gasteiger partial charge in [0.1, 0.15) is 12.3 Å². The van der Waals surface area contributed by atoms with E-state index < -0.39 is 0 Å². The summed E-state index contributed by atoms with van der Waals surface area (Å²) >= 11 is 11.9. The Morgan fingerprint density at radius 3 is 2.67 bits per heavy atom. The van der Waals surface area contributed by atoms with Crippen LogP contribution in [0.15, 0.2) is 28.8 Å². The number of nitrogens with one attached hydrogen (secondary N) is 1. The number of aryl methyl sites for hydroxylation is 1. The lowest BCUT2D eigenvalue weighted by atomic mass is 10.2. The van der Waals surface area contributed by atoms with Crippen LogP contribution in [0.3, 0.4) is 0 Å². The first-order valence-corrected chi connectivity index (χ1v) is 9.21. The van der Waals surface area contributed by atoms with Crippen molar-refractivity contribution in [2.24, 2.45) is 0 Å². The second-order valence-corrected chi connectivity index (χ2v) is 6.59. The molecule has 9 heteroatoms. The SMILES string of the molecule is CCOCCCN(CC(=O)Nc1cc(C)on1)C(=O)c1ccc(Cl)c(Cl)c1. The maximum absolute atomic E-state index is 12.8. The van der Waals surface area contributed by atoms with E-state index in [2.05, 4.69) is 10.5 Å². The molecule has 2 amide bonds. The average Bonchev–Trinajstić information content (AvgIpc) is 3.04. The molecule has 1 aromatic heterocycles. The first-order chi connectivity index (χ1) is 12.9. The summed E-state index contributed by atoms with van der Waals surface area (Å²) in [5.74, 6) is 0.171. The number of amides is 2. The van der Waals surface area contributed by atoms with E-state index in [1.807, 2.05) is 6.92 Å². The molecule has 2 aromatic rings. The fourth-order valence-electron chi connectivity index (χ4n) is 2.35. The highest BCUT2D eigenvalue weighted by atomic mass is 35.5. The van der Waals surface area contributed by atoms with Crippen LogP contribution in [-0.4, -0.2) is 48.2 Å². The second-order valence-electron chi connectivity index (χ2n) is 5.78. The average molecular weight is 414 g/mol. The van der Waals surface area contributed by atoms with Gasteiger partial charge in [-0.25, -0.2) is 0 Å². The number of benzene rings is 1. The quantitative estimate of drug-likeness (QED) is 0.631. The van der Waals surface area contributed by atoms with Crippen molar-refractivity contribution in [2.75, 3.05) is 31.6 Å². The molecule has 7 nitrogen and oxygen atoms in total. The first kappa shape index (κ1) is 21.2. The fraction of sp³-hybridized carbons (Fsp3) is 0.389. The number of anilines is 1. The Morgan fingerprint density at radius 2 is 2.04 bits per heavy atom. The molecule has 0 aliphatic rings. The minimum atomic E-state index is -0.381. The van der Waals surface area contributed by atoms with Gasteiger partial charge in [-0.05, 0) is 38.5 Å². The zero-order chi connectivity index (χ0) is 19.8. The standard InChI is InChI=1S/C18H21Cl2N3O4/c1-3-26-8-4-7-23(11-17(24)21-16-9-12(2)27-22-16)18(25)13-5-6-14(19)15(20)10-13/h5-6,9-10H,3-4,7-8,11H2,1-2H3,(H,21,22,24). The highest BCUT2D eigenvalue weighted by molar-refractivity contribution is 6.42. The summed E-state index contributed by atoms with van der Waals surface area (Å²) in [6.45, 7) is 4.91. The Balaban J connectivity index is 2.07. The van der Waals surface area contributed by atoms with E-state index in [4.69, 9.17) is 32.5 Å². The molecule has 0 atom stereocenters. The van der Waals surface area contributed by atoms with Crippen molar-refractivity contribution in [3.05, 3.63) is 45.6 Å². The van der Waals surface area contributed by atoms with Gasteiger partial charge in [-0.1, -0.05) is 28.4 Å². The normalized spacial score (nSPS) is 10.7. The lowest BCUT2D eigenvalue weighted by molar-refractivity contribution is -0.117. The Morgan fingerprint density at radius 1 is 1.26 bits per heavy atom. The number of ether oxygens (including phenoxy) is 1. The van der Waals surface area contributed by atoms with Gasteiger partial charge in [0.05, 0.1) is 10.0 Å². The number of rotatable bonds is 9. The van der Waals surface area contributed by atoms with Crippen LogP contribution in [0.4, 0.5) is 5.82 Å². The maximum Gasteiger partial charge on any atom is 0.254 e. The molecule has 0 aliphatic heterocycles. The van der Waals surface area contributed by atoms with Gasteiger partial charge >= 0.3 is 0 Å². The number of halogens is 2. The van der Waals surface area contributed by atoms with E-state index in [1.165, 1.54) is 11.0 Å². The summed E-state index contributed by atoms with van der Waals surface area (Å²) in [6.07, 6.45) is 0.594. The number of hydrogen-bond acceptors (Lipinski definition) is 5. The summed E-state index contributed by atoms with van der Waals surface area (Å²) in [5, 5.41) is 6.95. The van der Waals surface area contributed by atoms with Crippen molar-refractivity contribution in [2.45, 2.75) is 20.3 Å². The van der Waals surface area contributed by atoms with Gasteiger partial charge < -0.3 is 19.5 Å². The molecule has 1 aromatic carbocycles. The minimum absolute atomic E-state index is 0.142. The van der Waals surface area contributed by atoms with Crippen LogP contribution in [0.25, 0.3) is 0 Å². The molecular formula is C18H21Cl2N3O4. The molecule has 0 unspecified atom stereocenters. The van der Waals surface area contributed by atoms with E-state index in [1.54, 1.807) is 25.1 Å². The summed E-state index contributed by atoms with van der Waals surface area (Å²) in [7, 11) is 0. The predicted octanol–water partition coefficient (Wildman–Crippen LogP) is 3.80. The van der Waals surface area contributed by atoms with E-state index in [-0.39, 0.29) is 23.4 Å². The van der Waals surface area contributed by atoms with Crippen LogP contribution >= 0.6 is 23.2 Å². The van der Waals surface area contributed by atoms with Crippen molar-refractivity contribution in [3.8, 4) is 0 Å². The molecule has 0 radical (unpaired) electrons. The van der Waals surface area contributed by atoms with Gasteiger partial charge in [0.15, 0.2) is 5.82 Å². The molecular weight excluding hydrogens is 393 g/mol. The van der Waals surface area contributed by atoms with Gasteiger partial charge in [0, 0.05) is 31.4 Å². The van der Waals surface area contributed by atoms with Crippen molar-refractivity contribution >= 4 is 40.8 Å². The second kappa shape index (κ2) is 10.3. The molecule has 0 bridgehead atoms. The van der Waals surface area contributed by atoms with Gasteiger partial charge in [-0.3, -0.25) is 9.59 Å². The Bertz CT molecular complexity index is 795. The van der Waals surface area contributed by atoms with E-state index in [9.17, 15) is 9.59 Å². The molecule has 0 aliphatic carbocycles. The number of hydrogen-bond donors (Lipinski definition) is 1. The third kappa shape index (κ3) is 6.53. The van der Waals surface area contributed by atoms with E-state index >= 15 is 0 Å². The Kier molecular flexibility index (Phi) is 8.09. The largest absolute Gasteiger partial charge is 0.382 e. The molecule has 1 N–H and O–H groups in total. The van der Waals surface area contributed by atoms with Crippen LogP contribution in [0.1, 0.15) is 29.5 Å². The third-order valence-electron chi connectivity index (χ3n) is 3.60. The van der Waals surface area contributed by atoms with Gasteiger partial charge in [0.25, 0.3) is 5.91 Å². The van der Waals surface area contributed by atoms with E-state index in [0.29, 0.717) is 48.3 Å². The monoisotopic (exact) mass is 413 g/mol. The summed E-state index contributed by atoms with van der Waals surface area (Å²) < 4.78 is 10.2. The summed E-state index contributed by atoms with van der Waals surface area (Å²) in [6, 6.07) is 6.21. The van der Waals surface area contributed by atoms with Crippen LogP contribution in [-0.2, 0) is 9.53 Å². The highest BCUT2D eigenvalue weighted by Crippen LogP contribution is 2.23. The predicted molar refractivity (Wildman–Crippen MR) is 103 cm³/mol. The fourth-order valence-corrected chi connectivity index (χ4v) is 2.65. The molecule has 27 heavy (non-hydrogen) atoms. The molecule has 2 rings (SSSR count). The van der Waals surface area contributed by atoms with Crippen molar-refractivity contribution < 1.29 is 18.8 Å². The van der Waals surface area contributed by atoms with Gasteiger partial charge in [0.2, 0.25) is 5.91 Å². The van der Waals surface area contributed by atoms with Crippen LogP contribution in [0, 0.1) is 6.92 Å². The van der Waals surface area contributed by atoms with Gasteiger partial charge in [-0.2, -0.15) is 0 Å². The van der Waals surface area contributed by atoms with Crippen LogP contribution in [0.2, 0.25) is 10.0 Å². The summed E-state index contributed by atoms with van der Waals surface area (Å²) in [4.78, 5) is 26.6. The van der Waals surface area contributed by atoms with Crippen LogP contribution < -0.4 is 5.32 Å². The van der Waals surface area contributed by atoms with Gasteiger partial charge in [-0.15, -0.1) is 0 Å². The summed E-state index contributed by atoms with van der Waals surface area (Å²) in [5.41, 5.74) is 0.353. The number of aromatic nitrogens is 1. The zero-order valence-corrected chi connectivity index (χ0v) is 16.6. The van der Waals surface area contributed by atoms with Crippen molar-refractivity contribution in [1.82, 2.24) is 10.1 Å². The highest BCUT2D eigenvalue weighted by Gasteiger charge is 2.20. The third-order valence-corrected chi connectivity index (χ3v) is 4.34. The lowest BCUT2D eigenvalue weighted by Crippen LogP contribution is -2.39. The Labute approximate surface area is 167 Å². The minimum Gasteiger partial charge on any atom is -0.382 e. The number of nitrogens with zero attached hydrogens (tertiary/aromatic N) is 2. The zero-order valence-electron chi connectivity index (χ0n) is 15.1. The molecule has 146 valence electrons. The molecule has 0 saturated heterocycles. The lowest BCUT2D eigenvalue weighted by Gasteiger charge is -2.22. The molecule has 0 saturated carbocycles.